The molecule has 0 spiro atoms. The van der Waals surface area contributed by atoms with Gasteiger partial charge in [-0.05, 0) is 27.7 Å². The number of rotatable bonds is 4. The van der Waals surface area contributed by atoms with Crippen LogP contribution in [0.3, 0.4) is 0 Å². The van der Waals surface area contributed by atoms with Crippen LogP contribution < -0.4 is 0 Å². The van der Waals surface area contributed by atoms with Crippen LogP contribution >= 0.6 is 0 Å². The van der Waals surface area contributed by atoms with E-state index in [-0.39, 0.29) is 12.1 Å². The van der Waals surface area contributed by atoms with Gasteiger partial charge in [0.05, 0.1) is 6.54 Å². The Kier molecular flexibility index (Phi) is 4.80. The molecule has 0 unspecified atom stereocenters. The van der Waals surface area contributed by atoms with Gasteiger partial charge in [0.1, 0.15) is 6.61 Å². The highest BCUT2D eigenvalue weighted by Gasteiger charge is 2.19. The number of carbonyl (C=O) groups excluding carboxylic acids is 1. The summed E-state index contributed by atoms with van der Waals surface area (Å²) >= 11 is 0. The van der Waals surface area contributed by atoms with Crippen LogP contribution in [-0.4, -0.2) is 34.9 Å². The van der Waals surface area contributed by atoms with Gasteiger partial charge in [0, 0.05) is 11.1 Å². The zero-order chi connectivity index (χ0) is 11.4. The van der Waals surface area contributed by atoms with E-state index in [4.69, 9.17) is 4.74 Å². The smallest absolute Gasteiger partial charge is 0.333 e. The first kappa shape index (κ1) is 13.1. The van der Waals surface area contributed by atoms with Crippen molar-refractivity contribution in [3.05, 3.63) is 12.2 Å². The predicted molar refractivity (Wildman–Crippen MR) is 54.0 cm³/mol. The lowest BCUT2D eigenvalue weighted by Gasteiger charge is -2.29. The Morgan fingerprint density at radius 3 is 2.36 bits per heavy atom. The summed E-state index contributed by atoms with van der Waals surface area (Å²) in [5.41, 5.74) is 0.0283. The molecule has 0 aromatic carbocycles. The average Bonchev–Trinajstić information content (AvgIpc) is 2.01. The van der Waals surface area contributed by atoms with Crippen molar-refractivity contribution in [2.45, 2.75) is 33.2 Å². The van der Waals surface area contributed by atoms with E-state index in [1.54, 1.807) is 6.92 Å². The molecule has 0 radical (unpaired) electrons. The maximum atomic E-state index is 11.0. The van der Waals surface area contributed by atoms with E-state index < -0.39 is 5.97 Å². The second-order valence-corrected chi connectivity index (χ2v) is 4.21. The van der Waals surface area contributed by atoms with Crippen LogP contribution in [0.25, 0.3) is 0 Å². The molecule has 82 valence electrons. The van der Waals surface area contributed by atoms with Gasteiger partial charge in [-0.15, -0.1) is 0 Å². The number of nitrogens with zero attached hydrogens (tertiary/aromatic N) is 1. The van der Waals surface area contributed by atoms with E-state index in [1.807, 2.05) is 20.8 Å². The molecule has 0 aliphatic carbocycles. The second kappa shape index (κ2) is 5.12. The molecule has 1 N–H and O–H groups in total. The van der Waals surface area contributed by atoms with Crippen molar-refractivity contribution in [1.29, 1.82) is 0 Å². The van der Waals surface area contributed by atoms with Crippen molar-refractivity contribution < 1.29 is 14.7 Å². The Labute approximate surface area is 85.1 Å². The van der Waals surface area contributed by atoms with Crippen molar-refractivity contribution in [2.75, 3.05) is 13.2 Å². The van der Waals surface area contributed by atoms with Gasteiger partial charge in [-0.25, -0.2) is 4.79 Å². The van der Waals surface area contributed by atoms with Gasteiger partial charge in [-0.3, -0.25) is 0 Å². The SMILES string of the molecule is C=C(C)C(=O)OCCN(O)C(C)(C)C. The lowest BCUT2D eigenvalue weighted by Crippen LogP contribution is -2.40. The second-order valence-electron chi connectivity index (χ2n) is 4.21. The summed E-state index contributed by atoms with van der Waals surface area (Å²) in [6, 6.07) is 0. The summed E-state index contributed by atoms with van der Waals surface area (Å²) in [5.74, 6) is -0.424. The molecule has 0 saturated heterocycles. The minimum Gasteiger partial charge on any atom is -0.461 e. The Morgan fingerprint density at radius 1 is 1.50 bits per heavy atom. The zero-order valence-corrected chi connectivity index (χ0v) is 9.33. The van der Waals surface area contributed by atoms with Gasteiger partial charge in [-0.2, -0.15) is 5.06 Å². The first-order valence-corrected chi connectivity index (χ1v) is 4.54. The fourth-order valence-corrected chi connectivity index (χ4v) is 0.683. The van der Waals surface area contributed by atoms with E-state index in [0.717, 1.165) is 5.06 Å². The molecular weight excluding hydrogens is 182 g/mol. The fourth-order valence-electron chi connectivity index (χ4n) is 0.683. The van der Waals surface area contributed by atoms with Crippen LogP contribution in [-0.2, 0) is 9.53 Å². The Bertz CT molecular complexity index is 218. The van der Waals surface area contributed by atoms with Crippen molar-refractivity contribution in [3.8, 4) is 0 Å². The molecule has 14 heavy (non-hydrogen) atoms. The van der Waals surface area contributed by atoms with Gasteiger partial charge < -0.3 is 9.94 Å². The highest BCUT2D eigenvalue weighted by Crippen LogP contribution is 2.08. The minimum atomic E-state index is -0.424. The quantitative estimate of drug-likeness (QED) is 0.426. The van der Waals surface area contributed by atoms with E-state index in [9.17, 15) is 10.0 Å². The van der Waals surface area contributed by atoms with Crippen LogP contribution in [0.1, 0.15) is 27.7 Å². The van der Waals surface area contributed by atoms with Crippen molar-refractivity contribution in [3.63, 3.8) is 0 Å². The third-order valence-electron chi connectivity index (χ3n) is 1.66. The summed E-state index contributed by atoms with van der Waals surface area (Å²) in [6.45, 7) is 11.1. The van der Waals surface area contributed by atoms with Gasteiger partial charge >= 0.3 is 5.97 Å². The Morgan fingerprint density at radius 2 is 2.00 bits per heavy atom. The highest BCUT2D eigenvalue weighted by molar-refractivity contribution is 5.86. The normalized spacial score (nSPS) is 11.6. The number of hydrogen-bond acceptors (Lipinski definition) is 4. The number of carbonyl (C=O) groups is 1. The van der Waals surface area contributed by atoms with Crippen molar-refractivity contribution >= 4 is 5.97 Å². The third-order valence-corrected chi connectivity index (χ3v) is 1.66. The fraction of sp³-hybridized carbons (Fsp3) is 0.700. The number of hydroxylamine groups is 2. The Balaban J connectivity index is 3.76. The molecule has 0 aromatic heterocycles. The lowest BCUT2D eigenvalue weighted by molar-refractivity contribution is -0.168. The lowest BCUT2D eigenvalue weighted by atomic mass is 10.1. The standard InChI is InChI=1S/C10H19NO3/c1-8(2)9(12)14-7-6-11(13)10(3,4)5/h13H,1,6-7H2,2-5H3. The molecule has 0 aromatic rings. The molecule has 0 heterocycles. The van der Waals surface area contributed by atoms with E-state index in [0.29, 0.717) is 12.1 Å². The number of hydrogen-bond donors (Lipinski definition) is 1. The summed E-state index contributed by atoms with van der Waals surface area (Å²) in [7, 11) is 0. The first-order chi connectivity index (χ1) is 6.25. The molecule has 0 bridgehead atoms. The van der Waals surface area contributed by atoms with Gasteiger partial charge in [0.25, 0.3) is 0 Å². The van der Waals surface area contributed by atoms with Crippen LogP contribution in [0.2, 0.25) is 0 Å². The van der Waals surface area contributed by atoms with E-state index in [1.165, 1.54) is 0 Å². The summed E-state index contributed by atoms with van der Waals surface area (Å²) in [5, 5.41) is 10.6. The van der Waals surface area contributed by atoms with Gasteiger partial charge in [0.15, 0.2) is 0 Å². The summed E-state index contributed by atoms with van der Waals surface area (Å²) in [4.78, 5) is 11.0. The van der Waals surface area contributed by atoms with Gasteiger partial charge in [0.2, 0.25) is 0 Å². The predicted octanol–water partition coefficient (Wildman–Crippen LogP) is 1.60. The number of esters is 1. The van der Waals surface area contributed by atoms with Gasteiger partial charge in [-0.1, -0.05) is 6.58 Å². The van der Waals surface area contributed by atoms with Crippen LogP contribution in [0.15, 0.2) is 12.2 Å². The monoisotopic (exact) mass is 201 g/mol. The molecule has 0 aliphatic rings. The zero-order valence-electron chi connectivity index (χ0n) is 9.33. The largest absolute Gasteiger partial charge is 0.461 e. The van der Waals surface area contributed by atoms with E-state index in [2.05, 4.69) is 6.58 Å². The summed E-state index contributed by atoms with van der Waals surface area (Å²) in [6.07, 6.45) is 0. The van der Waals surface area contributed by atoms with Crippen molar-refractivity contribution in [2.24, 2.45) is 0 Å². The van der Waals surface area contributed by atoms with Crippen LogP contribution in [0.4, 0.5) is 0 Å². The van der Waals surface area contributed by atoms with Crippen molar-refractivity contribution in [1.82, 2.24) is 5.06 Å². The third kappa shape index (κ3) is 4.99. The molecular formula is C10H19NO3. The molecule has 0 fully saturated rings. The van der Waals surface area contributed by atoms with Crippen LogP contribution in [0.5, 0.6) is 0 Å². The first-order valence-electron chi connectivity index (χ1n) is 4.54. The molecule has 4 nitrogen and oxygen atoms in total. The number of ether oxygens (including phenoxy) is 1. The van der Waals surface area contributed by atoms with Crippen LogP contribution in [0, 0.1) is 0 Å². The molecule has 0 rings (SSSR count). The average molecular weight is 201 g/mol. The topological polar surface area (TPSA) is 49.8 Å². The maximum absolute atomic E-state index is 11.0. The van der Waals surface area contributed by atoms with E-state index >= 15 is 0 Å². The maximum Gasteiger partial charge on any atom is 0.333 e. The molecule has 0 amide bonds. The summed E-state index contributed by atoms with van der Waals surface area (Å²) < 4.78 is 4.83. The minimum absolute atomic E-state index is 0.166. The Hall–Kier alpha value is -0.870. The highest BCUT2D eigenvalue weighted by atomic mass is 16.5. The molecule has 0 saturated carbocycles. The molecule has 4 heteroatoms. The molecule has 0 atom stereocenters. The molecule has 0 aliphatic heterocycles.